The van der Waals surface area contributed by atoms with Crippen LogP contribution in [0.5, 0.6) is 0 Å². The fraction of sp³-hybridized carbons (Fsp3) is 0.429. The van der Waals surface area contributed by atoms with Crippen molar-refractivity contribution in [3.63, 3.8) is 0 Å². The first-order valence-corrected chi connectivity index (χ1v) is 3.08. The van der Waals surface area contributed by atoms with Gasteiger partial charge in [0.2, 0.25) is 0 Å². The van der Waals surface area contributed by atoms with Crippen molar-refractivity contribution in [1.82, 2.24) is 4.90 Å². The van der Waals surface area contributed by atoms with Gasteiger partial charge in [-0.2, -0.15) is 0 Å². The summed E-state index contributed by atoms with van der Waals surface area (Å²) in [5, 5.41) is 6.91. The van der Waals surface area contributed by atoms with E-state index in [0.29, 0.717) is 0 Å². The molecule has 1 rings (SSSR count). The predicted octanol–water partition coefficient (Wildman–Crippen LogP) is 1.06. The second kappa shape index (κ2) is 2.67. The van der Waals surface area contributed by atoms with E-state index in [-0.39, 0.29) is 0 Å². The van der Waals surface area contributed by atoms with E-state index >= 15 is 0 Å². The molecule has 0 bridgehead atoms. The van der Waals surface area contributed by atoms with Crippen LogP contribution in [0.25, 0.3) is 0 Å². The van der Waals surface area contributed by atoms with Gasteiger partial charge in [-0.1, -0.05) is 11.6 Å². The topological polar surface area (TPSA) is 27.1 Å². The molecule has 1 heterocycles. The van der Waals surface area contributed by atoms with Gasteiger partial charge in [0.15, 0.2) is 0 Å². The highest BCUT2D eigenvalue weighted by Gasteiger charge is 2.03. The van der Waals surface area contributed by atoms with Gasteiger partial charge in [0.25, 0.3) is 0 Å². The van der Waals surface area contributed by atoms with Gasteiger partial charge < -0.3 is 4.90 Å². The van der Waals surface area contributed by atoms with Crippen LogP contribution in [-0.2, 0) is 0 Å². The molecule has 1 N–H and O–H groups in total. The van der Waals surface area contributed by atoms with E-state index in [0.717, 1.165) is 19.5 Å². The van der Waals surface area contributed by atoms with Crippen LogP contribution in [0, 0.1) is 12.3 Å². The van der Waals surface area contributed by atoms with Crippen LogP contribution in [0.2, 0.25) is 0 Å². The zero-order valence-corrected chi connectivity index (χ0v) is 5.43. The molecule has 1 aliphatic rings. The summed E-state index contributed by atoms with van der Waals surface area (Å²) in [6, 6.07) is 0. The number of nitrogens with zero attached hydrogens (tertiary/aromatic N) is 1. The molecule has 2 nitrogen and oxygen atoms in total. The van der Waals surface area contributed by atoms with E-state index in [4.69, 9.17) is 5.41 Å². The Balaban J connectivity index is 2.45. The van der Waals surface area contributed by atoms with Crippen molar-refractivity contribution in [2.24, 2.45) is 0 Å². The molecular formula is C7H11N2. The summed E-state index contributed by atoms with van der Waals surface area (Å²) >= 11 is 0. The molecule has 0 aromatic heterocycles. The molecule has 49 valence electrons. The minimum Gasteiger partial charge on any atom is -0.359 e. The molecule has 0 aromatic carbocycles. The second-order valence-corrected chi connectivity index (χ2v) is 2.24. The zero-order valence-electron chi connectivity index (χ0n) is 5.43. The Hall–Kier alpha value is -0.790. The number of hydrogen-bond acceptors (Lipinski definition) is 1. The highest BCUT2D eigenvalue weighted by atomic mass is 15.1. The Morgan fingerprint density at radius 3 is 3.00 bits per heavy atom. The molecule has 9 heavy (non-hydrogen) atoms. The molecule has 0 atom stereocenters. The van der Waals surface area contributed by atoms with Gasteiger partial charge in [0.1, 0.15) is 0 Å². The molecule has 0 unspecified atom stereocenters. The highest BCUT2D eigenvalue weighted by Crippen LogP contribution is 2.06. The standard InChI is InChI=1S/C7H11N2/c1-7-2-4-9(6-8)5-3-7/h2,6,8H,1,3-5H2. The van der Waals surface area contributed by atoms with E-state index in [1.54, 1.807) is 0 Å². The fourth-order valence-electron chi connectivity index (χ4n) is 0.844. The van der Waals surface area contributed by atoms with Gasteiger partial charge in [-0.25, -0.2) is 0 Å². The van der Waals surface area contributed by atoms with Gasteiger partial charge >= 0.3 is 0 Å². The van der Waals surface area contributed by atoms with Crippen molar-refractivity contribution in [1.29, 1.82) is 5.41 Å². The van der Waals surface area contributed by atoms with Crippen molar-refractivity contribution in [2.45, 2.75) is 6.42 Å². The minimum atomic E-state index is 0.863. The molecule has 0 fully saturated rings. The van der Waals surface area contributed by atoms with Gasteiger partial charge in [0.05, 0.1) is 6.34 Å². The van der Waals surface area contributed by atoms with Crippen molar-refractivity contribution in [3.8, 4) is 0 Å². The number of nitrogens with one attached hydrogen (secondary N) is 1. The Morgan fingerprint density at radius 2 is 2.56 bits per heavy atom. The lowest BCUT2D eigenvalue weighted by Gasteiger charge is -2.21. The normalized spacial score (nSPS) is 19.2. The summed E-state index contributed by atoms with van der Waals surface area (Å²) in [6.07, 6.45) is 4.45. The lowest BCUT2D eigenvalue weighted by Crippen LogP contribution is -2.26. The highest BCUT2D eigenvalue weighted by molar-refractivity contribution is 5.51. The summed E-state index contributed by atoms with van der Waals surface area (Å²) in [5.41, 5.74) is 1.20. The lowest BCUT2D eigenvalue weighted by molar-refractivity contribution is 0.458. The van der Waals surface area contributed by atoms with Crippen molar-refractivity contribution in [2.75, 3.05) is 13.1 Å². The molecular weight excluding hydrogens is 112 g/mol. The SMILES string of the molecule is [CH2]C1=CCN(C=N)CC1. The van der Waals surface area contributed by atoms with Gasteiger partial charge in [-0.05, 0) is 13.3 Å². The Bertz CT molecular complexity index is 138. The quantitative estimate of drug-likeness (QED) is 0.409. The zero-order chi connectivity index (χ0) is 6.69. The smallest absolute Gasteiger partial charge is 0.0820 e. The van der Waals surface area contributed by atoms with Gasteiger partial charge in [-0.3, -0.25) is 5.41 Å². The summed E-state index contributed by atoms with van der Waals surface area (Å²) < 4.78 is 0. The molecule has 2 heteroatoms. The Kier molecular flexibility index (Phi) is 1.88. The first-order valence-electron chi connectivity index (χ1n) is 3.08. The summed E-state index contributed by atoms with van der Waals surface area (Å²) in [7, 11) is 0. The summed E-state index contributed by atoms with van der Waals surface area (Å²) in [4.78, 5) is 1.95. The van der Waals surface area contributed by atoms with Crippen LogP contribution in [0.4, 0.5) is 0 Å². The second-order valence-electron chi connectivity index (χ2n) is 2.24. The molecule has 0 saturated carbocycles. The van der Waals surface area contributed by atoms with Crippen molar-refractivity contribution in [3.05, 3.63) is 18.6 Å². The molecule has 0 aromatic rings. The van der Waals surface area contributed by atoms with E-state index in [1.165, 1.54) is 11.9 Å². The van der Waals surface area contributed by atoms with E-state index in [9.17, 15) is 0 Å². The third kappa shape index (κ3) is 1.56. The van der Waals surface area contributed by atoms with Crippen LogP contribution in [0.1, 0.15) is 6.42 Å². The maximum absolute atomic E-state index is 6.91. The maximum Gasteiger partial charge on any atom is 0.0820 e. The molecule has 0 amide bonds. The monoisotopic (exact) mass is 123 g/mol. The maximum atomic E-state index is 6.91. The largest absolute Gasteiger partial charge is 0.359 e. The van der Waals surface area contributed by atoms with Crippen molar-refractivity contribution < 1.29 is 0 Å². The first-order chi connectivity index (χ1) is 4.33. The average molecular weight is 123 g/mol. The third-order valence-corrected chi connectivity index (χ3v) is 1.52. The van der Waals surface area contributed by atoms with Gasteiger partial charge in [-0.15, -0.1) is 0 Å². The average Bonchev–Trinajstić information content (AvgIpc) is 1.90. The Morgan fingerprint density at radius 1 is 1.78 bits per heavy atom. The first kappa shape index (κ1) is 6.33. The lowest BCUT2D eigenvalue weighted by atomic mass is 10.1. The van der Waals surface area contributed by atoms with Crippen LogP contribution in [0.3, 0.4) is 0 Å². The molecule has 1 radical (unpaired) electrons. The molecule has 0 saturated heterocycles. The van der Waals surface area contributed by atoms with Crippen LogP contribution < -0.4 is 0 Å². The number of hydrogen-bond donors (Lipinski definition) is 1. The van der Waals surface area contributed by atoms with Crippen LogP contribution in [0.15, 0.2) is 11.6 Å². The van der Waals surface area contributed by atoms with Crippen LogP contribution >= 0.6 is 0 Å². The Labute approximate surface area is 55.7 Å². The van der Waals surface area contributed by atoms with Crippen molar-refractivity contribution >= 4 is 6.34 Å². The predicted molar refractivity (Wildman–Crippen MR) is 38.4 cm³/mol. The minimum absolute atomic E-state index is 0.863. The number of rotatable bonds is 1. The van der Waals surface area contributed by atoms with E-state index < -0.39 is 0 Å². The summed E-state index contributed by atoms with van der Waals surface area (Å²) in [5.74, 6) is 0. The van der Waals surface area contributed by atoms with E-state index in [1.807, 2.05) is 4.90 Å². The van der Waals surface area contributed by atoms with E-state index in [2.05, 4.69) is 13.0 Å². The van der Waals surface area contributed by atoms with Crippen LogP contribution in [-0.4, -0.2) is 24.3 Å². The molecule has 0 aliphatic carbocycles. The molecule has 0 spiro atoms. The third-order valence-electron chi connectivity index (χ3n) is 1.52. The molecule has 1 aliphatic heterocycles. The fourth-order valence-corrected chi connectivity index (χ4v) is 0.844. The van der Waals surface area contributed by atoms with Gasteiger partial charge in [0, 0.05) is 13.1 Å². The summed E-state index contributed by atoms with van der Waals surface area (Å²) in [6.45, 7) is 5.65.